The Morgan fingerprint density at radius 2 is 1.69 bits per heavy atom. The molecule has 1 aliphatic rings. The third-order valence-corrected chi connectivity index (χ3v) is 3.80. The molecular weight excluding hydrogens is 162 g/mol. The monoisotopic (exact) mass is 183 g/mol. The van der Waals surface area contributed by atoms with Crippen LogP contribution >= 0.6 is 0 Å². The fraction of sp³-hybridized carbons (Fsp3) is 0.909. The third-order valence-electron chi connectivity index (χ3n) is 3.80. The molecule has 13 heavy (non-hydrogen) atoms. The van der Waals surface area contributed by atoms with Crippen LogP contribution in [0.15, 0.2) is 0 Å². The quantitative estimate of drug-likeness (QED) is 0.715. The summed E-state index contributed by atoms with van der Waals surface area (Å²) in [5, 5.41) is 3.10. The molecule has 0 spiro atoms. The number of amides is 1. The topological polar surface area (TPSA) is 29.1 Å². The predicted octanol–water partition coefficient (Wildman–Crippen LogP) is 2.34. The zero-order valence-corrected chi connectivity index (χ0v) is 9.40. The molecular formula is C11H21NO. The van der Waals surface area contributed by atoms with E-state index in [9.17, 15) is 4.79 Å². The van der Waals surface area contributed by atoms with Gasteiger partial charge < -0.3 is 5.32 Å². The van der Waals surface area contributed by atoms with Gasteiger partial charge in [0, 0.05) is 12.5 Å². The molecule has 0 heterocycles. The molecule has 1 rings (SSSR count). The lowest BCUT2D eigenvalue weighted by Gasteiger charge is -2.05. The first-order valence-corrected chi connectivity index (χ1v) is 5.13. The molecule has 76 valence electrons. The summed E-state index contributed by atoms with van der Waals surface area (Å²) in [4.78, 5) is 11.4. The van der Waals surface area contributed by atoms with Crippen LogP contribution in [0.1, 0.15) is 47.5 Å². The summed E-state index contributed by atoms with van der Waals surface area (Å²) in [5.74, 6) is 0.200. The SMILES string of the molecule is CCCC(=O)NC1C(C)(C)C1(C)C. The Morgan fingerprint density at radius 3 is 2.00 bits per heavy atom. The van der Waals surface area contributed by atoms with Gasteiger partial charge in [0.05, 0.1) is 0 Å². The maximum absolute atomic E-state index is 11.4. The Labute approximate surface area is 81.1 Å². The zero-order chi connectivity index (χ0) is 10.3. The highest BCUT2D eigenvalue weighted by atomic mass is 16.1. The van der Waals surface area contributed by atoms with Crippen molar-refractivity contribution in [2.45, 2.75) is 53.5 Å². The molecule has 0 saturated heterocycles. The lowest BCUT2D eigenvalue weighted by atomic mass is 10.0. The Balaban J connectivity index is 2.46. The highest BCUT2D eigenvalue weighted by molar-refractivity contribution is 5.77. The van der Waals surface area contributed by atoms with E-state index in [-0.39, 0.29) is 16.7 Å². The average molecular weight is 183 g/mol. The Bertz CT molecular complexity index is 204. The molecule has 1 amide bonds. The van der Waals surface area contributed by atoms with Gasteiger partial charge in [0.15, 0.2) is 0 Å². The molecule has 0 radical (unpaired) electrons. The van der Waals surface area contributed by atoms with Crippen molar-refractivity contribution in [2.75, 3.05) is 0 Å². The lowest BCUT2D eigenvalue weighted by Crippen LogP contribution is -2.29. The second-order valence-electron chi connectivity index (χ2n) is 5.19. The van der Waals surface area contributed by atoms with Crippen LogP contribution in [0.2, 0.25) is 0 Å². The van der Waals surface area contributed by atoms with E-state index in [4.69, 9.17) is 0 Å². The van der Waals surface area contributed by atoms with E-state index in [1.54, 1.807) is 0 Å². The molecule has 1 N–H and O–H groups in total. The van der Waals surface area contributed by atoms with Crippen molar-refractivity contribution in [3.8, 4) is 0 Å². The average Bonchev–Trinajstić information content (AvgIpc) is 2.33. The van der Waals surface area contributed by atoms with Crippen molar-refractivity contribution in [3.63, 3.8) is 0 Å². The van der Waals surface area contributed by atoms with Gasteiger partial charge in [-0.3, -0.25) is 4.79 Å². The number of rotatable bonds is 3. The van der Waals surface area contributed by atoms with E-state index in [0.29, 0.717) is 12.5 Å². The van der Waals surface area contributed by atoms with Gasteiger partial charge >= 0.3 is 0 Å². The van der Waals surface area contributed by atoms with Crippen LogP contribution in [0.3, 0.4) is 0 Å². The Hall–Kier alpha value is -0.530. The van der Waals surface area contributed by atoms with Gasteiger partial charge in [0.25, 0.3) is 0 Å². The summed E-state index contributed by atoms with van der Waals surface area (Å²) in [6.45, 7) is 10.9. The Kier molecular flexibility index (Phi) is 2.44. The van der Waals surface area contributed by atoms with E-state index in [1.807, 2.05) is 6.92 Å². The van der Waals surface area contributed by atoms with Gasteiger partial charge in [-0.05, 0) is 17.3 Å². The van der Waals surface area contributed by atoms with Crippen molar-refractivity contribution in [3.05, 3.63) is 0 Å². The van der Waals surface area contributed by atoms with Gasteiger partial charge in [-0.2, -0.15) is 0 Å². The molecule has 0 unspecified atom stereocenters. The summed E-state index contributed by atoms with van der Waals surface area (Å²) >= 11 is 0. The van der Waals surface area contributed by atoms with E-state index in [0.717, 1.165) is 6.42 Å². The maximum Gasteiger partial charge on any atom is 0.220 e. The standard InChI is InChI=1S/C11H21NO/c1-6-7-8(13)12-9-10(2,3)11(9,4)5/h9H,6-7H2,1-5H3,(H,12,13). The summed E-state index contributed by atoms with van der Waals surface area (Å²) in [5.41, 5.74) is 0.521. The van der Waals surface area contributed by atoms with Gasteiger partial charge in [0.2, 0.25) is 5.91 Å². The smallest absolute Gasteiger partial charge is 0.220 e. The van der Waals surface area contributed by atoms with E-state index < -0.39 is 0 Å². The van der Waals surface area contributed by atoms with Crippen molar-refractivity contribution >= 4 is 5.91 Å². The molecule has 0 atom stereocenters. The van der Waals surface area contributed by atoms with E-state index >= 15 is 0 Å². The number of hydrogen-bond donors (Lipinski definition) is 1. The van der Waals surface area contributed by atoms with Crippen LogP contribution in [-0.4, -0.2) is 11.9 Å². The van der Waals surface area contributed by atoms with Crippen molar-refractivity contribution < 1.29 is 4.79 Å². The van der Waals surface area contributed by atoms with Crippen molar-refractivity contribution in [2.24, 2.45) is 10.8 Å². The van der Waals surface area contributed by atoms with Crippen LogP contribution in [-0.2, 0) is 4.79 Å². The molecule has 1 fully saturated rings. The first-order chi connectivity index (χ1) is 5.84. The van der Waals surface area contributed by atoms with Gasteiger partial charge in [-0.25, -0.2) is 0 Å². The number of hydrogen-bond acceptors (Lipinski definition) is 1. The lowest BCUT2D eigenvalue weighted by molar-refractivity contribution is -0.121. The molecule has 0 bridgehead atoms. The van der Waals surface area contributed by atoms with Gasteiger partial charge in [0.1, 0.15) is 0 Å². The summed E-state index contributed by atoms with van der Waals surface area (Å²) in [6, 6.07) is 0.360. The van der Waals surface area contributed by atoms with Gasteiger partial charge in [-0.15, -0.1) is 0 Å². The second-order valence-corrected chi connectivity index (χ2v) is 5.19. The van der Waals surface area contributed by atoms with Crippen molar-refractivity contribution in [1.29, 1.82) is 0 Å². The zero-order valence-electron chi connectivity index (χ0n) is 9.40. The Morgan fingerprint density at radius 1 is 1.23 bits per heavy atom. The van der Waals surface area contributed by atoms with E-state index in [1.165, 1.54) is 0 Å². The molecule has 0 aromatic rings. The maximum atomic E-state index is 11.4. The molecule has 0 aliphatic heterocycles. The van der Waals surface area contributed by atoms with Gasteiger partial charge in [-0.1, -0.05) is 34.6 Å². The molecule has 0 aromatic heterocycles. The van der Waals surface area contributed by atoms with Crippen LogP contribution in [0.25, 0.3) is 0 Å². The summed E-state index contributed by atoms with van der Waals surface area (Å²) in [7, 11) is 0. The first-order valence-electron chi connectivity index (χ1n) is 5.13. The molecule has 1 saturated carbocycles. The summed E-state index contributed by atoms with van der Waals surface area (Å²) < 4.78 is 0. The minimum absolute atomic E-state index is 0.200. The minimum atomic E-state index is 0.200. The third kappa shape index (κ3) is 1.59. The van der Waals surface area contributed by atoms with Crippen molar-refractivity contribution in [1.82, 2.24) is 5.32 Å². The molecule has 2 heteroatoms. The van der Waals surface area contributed by atoms with E-state index in [2.05, 4.69) is 33.0 Å². The normalized spacial score (nSPS) is 24.1. The number of nitrogens with one attached hydrogen (secondary N) is 1. The van der Waals surface area contributed by atoms with Crippen LogP contribution < -0.4 is 5.32 Å². The highest BCUT2D eigenvalue weighted by Gasteiger charge is 2.65. The first kappa shape index (κ1) is 10.6. The second kappa shape index (κ2) is 3.00. The van der Waals surface area contributed by atoms with Crippen LogP contribution in [0.5, 0.6) is 0 Å². The molecule has 1 aliphatic carbocycles. The number of carbonyl (C=O) groups excluding carboxylic acids is 1. The fourth-order valence-electron chi connectivity index (χ4n) is 2.02. The number of carbonyl (C=O) groups is 1. The van der Waals surface area contributed by atoms with Crippen LogP contribution in [0.4, 0.5) is 0 Å². The largest absolute Gasteiger partial charge is 0.352 e. The fourth-order valence-corrected chi connectivity index (χ4v) is 2.02. The minimum Gasteiger partial charge on any atom is -0.352 e. The highest BCUT2D eigenvalue weighted by Crippen LogP contribution is 2.62. The predicted molar refractivity (Wildman–Crippen MR) is 54.4 cm³/mol. The summed E-state index contributed by atoms with van der Waals surface area (Å²) in [6.07, 6.45) is 1.59. The molecule has 0 aromatic carbocycles. The molecule has 2 nitrogen and oxygen atoms in total. The van der Waals surface area contributed by atoms with Crippen LogP contribution in [0, 0.1) is 10.8 Å².